The molecule has 0 radical (unpaired) electrons. The third kappa shape index (κ3) is 6.28. The van der Waals surface area contributed by atoms with Crippen LogP contribution in [-0.4, -0.2) is 59.1 Å². The average Bonchev–Trinajstić information content (AvgIpc) is 3.60. The number of amides is 1. The number of aromatic nitrogens is 3. The predicted octanol–water partition coefficient (Wildman–Crippen LogP) is 4.74. The summed E-state index contributed by atoms with van der Waals surface area (Å²) in [5, 5.41) is 5.75. The Bertz CT molecular complexity index is 1440. The van der Waals surface area contributed by atoms with Gasteiger partial charge in [-0.3, -0.25) is 9.59 Å². The van der Waals surface area contributed by atoms with Crippen molar-refractivity contribution in [1.29, 1.82) is 0 Å². The molecule has 0 saturated carbocycles. The van der Waals surface area contributed by atoms with Crippen LogP contribution in [0.1, 0.15) is 48.9 Å². The Morgan fingerprint density at radius 1 is 0.780 bits per heavy atom. The summed E-state index contributed by atoms with van der Waals surface area (Å²) >= 11 is 0. The summed E-state index contributed by atoms with van der Waals surface area (Å²) in [4.78, 5) is 43.6. The lowest BCUT2D eigenvalue weighted by molar-refractivity contribution is -0.286. The van der Waals surface area contributed by atoms with E-state index in [2.05, 4.69) is 39.9 Å². The minimum Gasteiger partial charge on any atom is -0.395 e. The predicted molar refractivity (Wildman–Crippen MR) is 147 cm³/mol. The highest BCUT2D eigenvalue weighted by atomic mass is 19.3. The molecule has 0 atom stereocenters. The van der Waals surface area contributed by atoms with E-state index < -0.39 is 24.4 Å². The number of halogens is 2. The van der Waals surface area contributed by atoms with Crippen LogP contribution in [0.2, 0.25) is 0 Å². The molecule has 3 aliphatic rings. The molecule has 41 heavy (non-hydrogen) atoms. The Hall–Kier alpha value is -4.55. The molecule has 0 aliphatic carbocycles. The zero-order valence-electron chi connectivity index (χ0n) is 22.2. The number of carbonyl (C=O) groups excluding carboxylic acids is 2. The zero-order valence-corrected chi connectivity index (χ0v) is 22.2. The van der Waals surface area contributed by atoms with Gasteiger partial charge in [0.2, 0.25) is 23.8 Å². The maximum Gasteiger partial charge on any atom is 0.586 e. The maximum absolute atomic E-state index is 13.2. The number of benzene rings is 2. The van der Waals surface area contributed by atoms with Crippen LogP contribution in [0.4, 0.5) is 38.0 Å². The molecule has 2 N–H and O–H groups in total. The summed E-state index contributed by atoms with van der Waals surface area (Å²) in [6.45, 7) is 3.66. The number of nitrogens with zero attached hydrogens (tertiary/aromatic N) is 5. The van der Waals surface area contributed by atoms with Crippen molar-refractivity contribution in [2.45, 2.75) is 44.8 Å². The molecule has 4 heterocycles. The van der Waals surface area contributed by atoms with Gasteiger partial charge >= 0.3 is 6.29 Å². The largest absolute Gasteiger partial charge is 0.586 e. The minimum absolute atomic E-state index is 0.134. The highest BCUT2D eigenvalue weighted by Gasteiger charge is 2.43. The van der Waals surface area contributed by atoms with Gasteiger partial charge in [0, 0.05) is 49.2 Å². The number of carbonyl (C=O) groups is 2. The summed E-state index contributed by atoms with van der Waals surface area (Å²) in [6.07, 6.45) is 1.46. The van der Waals surface area contributed by atoms with E-state index >= 15 is 0 Å². The first kappa shape index (κ1) is 26.7. The molecular weight excluding hydrogens is 536 g/mol. The fourth-order valence-electron chi connectivity index (χ4n) is 5.05. The van der Waals surface area contributed by atoms with Crippen LogP contribution >= 0.6 is 0 Å². The van der Waals surface area contributed by atoms with E-state index in [0.29, 0.717) is 29.1 Å². The number of hydrogen-bond acceptors (Lipinski definition) is 10. The van der Waals surface area contributed by atoms with Gasteiger partial charge in [0.15, 0.2) is 17.3 Å². The summed E-state index contributed by atoms with van der Waals surface area (Å²) in [5.41, 5.74) is 1.24. The molecule has 13 heteroatoms. The maximum atomic E-state index is 13.2. The molecule has 2 aromatic carbocycles. The highest BCUT2D eigenvalue weighted by molar-refractivity contribution is 6.11. The molecule has 3 aromatic rings. The van der Waals surface area contributed by atoms with Crippen LogP contribution in [-0.2, 0) is 4.79 Å². The monoisotopic (exact) mass is 565 g/mol. The first-order valence-corrected chi connectivity index (χ1v) is 13.7. The molecule has 3 aliphatic heterocycles. The average molecular weight is 566 g/mol. The molecule has 0 unspecified atom stereocenters. The van der Waals surface area contributed by atoms with Crippen molar-refractivity contribution in [2.75, 3.05) is 46.6 Å². The van der Waals surface area contributed by atoms with Gasteiger partial charge in [0.05, 0.1) is 6.42 Å². The van der Waals surface area contributed by atoms with Crippen LogP contribution in [0.3, 0.4) is 0 Å². The van der Waals surface area contributed by atoms with Gasteiger partial charge < -0.3 is 29.9 Å². The highest BCUT2D eigenvalue weighted by Crippen LogP contribution is 2.42. The Morgan fingerprint density at radius 3 is 2.02 bits per heavy atom. The molecule has 2 saturated heterocycles. The van der Waals surface area contributed by atoms with Gasteiger partial charge in [0.25, 0.3) is 0 Å². The molecule has 6 rings (SSSR count). The molecule has 0 bridgehead atoms. The topological polar surface area (TPSA) is 122 Å². The number of ether oxygens (including phenoxy) is 2. The van der Waals surface area contributed by atoms with Gasteiger partial charge in [-0.2, -0.15) is 15.0 Å². The van der Waals surface area contributed by atoms with Crippen molar-refractivity contribution in [3.8, 4) is 11.5 Å². The van der Waals surface area contributed by atoms with Gasteiger partial charge in [-0.1, -0.05) is 0 Å². The minimum atomic E-state index is -3.75. The van der Waals surface area contributed by atoms with Gasteiger partial charge in [-0.15, -0.1) is 8.78 Å². The normalized spacial score (nSPS) is 17.4. The fraction of sp³-hybridized carbons (Fsp3) is 0.393. The number of fused-ring (bicyclic) bond motifs is 1. The molecular formula is C28H29F2N7O4. The van der Waals surface area contributed by atoms with Crippen LogP contribution < -0.4 is 29.9 Å². The third-order valence-electron chi connectivity index (χ3n) is 7.11. The second-order valence-corrected chi connectivity index (χ2v) is 10.2. The molecule has 11 nitrogen and oxygen atoms in total. The number of rotatable bonds is 8. The Morgan fingerprint density at radius 2 is 1.37 bits per heavy atom. The summed E-state index contributed by atoms with van der Waals surface area (Å²) in [6, 6.07) is 10.6. The van der Waals surface area contributed by atoms with Crippen LogP contribution in [0.15, 0.2) is 42.5 Å². The van der Waals surface area contributed by atoms with E-state index in [1.807, 2.05) is 0 Å². The summed E-state index contributed by atoms with van der Waals surface area (Å²) in [7, 11) is 0. The van der Waals surface area contributed by atoms with E-state index in [9.17, 15) is 18.4 Å². The molecule has 1 amide bonds. The first-order chi connectivity index (χ1) is 19.8. The number of alkyl halides is 2. The van der Waals surface area contributed by atoms with Gasteiger partial charge in [-0.05, 0) is 68.5 Å². The number of ketones is 1. The van der Waals surface area contributed by atoms with Crippen molar-refractivity contribution in [1.82, 2.24) is 15.0 Å². The number of hydrogen-bond donors (Lipinski definition) is 2. The summed E-state index contributed by atoms with van der Waals surface area (Å²) in [5.74, 6) is 0.439. The quantitative estimate of drug-likeness (QED) is 0.293. The third-order valence-corrected chi connectivity index (χ3v) is 7.11. The van der Waals surface area contributed by atoms with Crippen molar-refractivity contribution in [2.24, 2.45) is 0 Å². The number of piperidine rings is 1. The molecule has 0 spiro atoms. The Balaban J connectivity index is 1.10. The lowest BCUT2D eigenvalue weighted by atomic mass is 10.1. The standard InChI is InChI=1S/C28H29F2N7O4/c29-28(30)40-22-11-10-20(16-23(22)41-28)31-24(39)17-21(38)18-6-8-19(9-7-18)32-25-33-26(36-12-2-1-3-13-36)35-27(34-25)37-14-4-5-15-37/h6-11,16H,1-5,12-15,17H2,(H,31,39)(H,32,33,34,35). The fourth-order valence-corrected chi connectivity index (χ4v) is 5.05. The lowest BCUT2D eigenvalue weighted by Crippen LogP contribution is -2.32. The Labute approximate surface area is 234 Å². The first-order valence-electron chi connectivity index (χ1n) is 13.7. The number of Topliss-reactive ketones (excluding diaryl/α,β-unsaturated/α-hetero) is 1. The van der Waals surface area contributed by atoms with Crippen molar-refractivity contribution >= 4 is 40.9 Å². The smallest absolute Gasteiger partial charge is 0.395 e. The number of nitrogens with one attached hydrogen (secondary N) is 2. The van der Waals surface area contributed by atoms with Crippen LogP contribution in [0.5, 0.6) is 11.5 Å². The zero-order chi connectivity index (χ0) is 28.4. The molecule has 2 fully saturated rings. The van der Waals surface area contributed by atoms with E-state index in [4.69, 9.17) is 4.98 Å². The van der Waals surface area contributed by atoms with Crippen molar-refractivity contribution in [3.05, 3.63) is 48.0 Å². The van der Waals surface area contributed by atoms with Crippen LogP contribution in [0.25, 0.3) is 0 Å². The lowest BCUT2D eigenvalue weighted by Gasteiger charge is -2.27. The van der Waals surface area contributed by atoms with E-state index in [1.165, 1.54) is 24.6 Å². The van der Waals surface area contributed by atoms with Gasteiger partial charge in [0.1, 0.15) is 0 Å². The van der Waals surface area contributed by atoms with Gasteiger partial charge in [-0.25, -0.2) is 0 Å². The van der Waals surface area contributed by atoms with Crippen molar-refractivity contribution < 1.29 is 27.8 Å². The van der Waals surface area contributed by atoms with E-state index in [1.54, 1.807) is 24.3 Å². The van der Waals surface area contributed by atoms with Crippen LogP contribution in [0, 0.1) is 0 Å². The number of anilines is 5. The second-order valence-electron chi connectivity index (χ2n) is 10.2. The second kappa shape index (κ2) is 11.1. The Kier molecular flexibility index (Phi) is 7.25. The van der Waals surface area contributed by atoms with E-state index in [-0.39, 0.29) is 17.2 Å². The summed E-state index contributed by atoms with van der Waals surface area (Å²) < 4.78 is 35.2. The SMILES string of the molecule is O=C(CC(=O)c1ccc(Nc2nc(N3CCCCC3)nc(N3CCCC3)n2)cc1)Nc1ccc2c(c1)OC(F)(F)O2. The van der Waals surface area contributed by atoms with E-state index in [0.717, 1.165) is 51.9 Å². The van der Waals surface area contributed by atoms with Crippen molar-refractivity contribution in [3.63, 3.8) is 0 Å². The molecule has 214 valence electrons. The molecule has 1 aromatic heterocycles.